The van der Waals surface area contributed by atoms with E-state index in [1.165, 1.54) is 6.07 Å². The summed E-state index contributed by atoms with van der Waals surface area (Å²) in [5, 5.41) is 3.35. The molecule has 3 nitrogen and oxygen atoms in total. The first-order valence-electron chi connectivity index (χ1n) is 5.09. The van der Waals surface area contributed by atoms with Crippen molar-refractivity contribution in [3.63, 3.8) is 0 Å². The van der Waals surface area contributed by atoms with Gasteiger partial charge in [-0.05, 0) is 28.9 Å². The topological polar surface area (TPSA) is 38.7 Å². The molecule has 0 aliphatic heterocycles. The van der Waals surface area contributed by atoms with Gasteiger partial charge < -0.3 is 4.74 Å². The number of hydrogen-bond donors (Lipinski definition) is 0. The van der Waals surface area contributed by atoms with Gasteiger partial charge in [0.1, 0.15) is 12.4 Å². The largest absolute Gasteiger partial charge is 0.487 e. The molecule has 0 aromatic heterocycles. The zero-order chi connectivity index (χ0) is 12.1. The summed E-state index contributed by atoms with van der Waals surface area (Å²) in [5.41, 5.74) is 1.24. The quantitative estimate of drug-likeness (QED) is 0.755. The van der Waals surface area contributed by atoms with E-state index < -0.39 is 0 Å². The first-order valence-corrected chi connectivity index (χ1v) is 5.47. The van der Waals surface area contributed by atoms with Crippen LogP contribution < -0.4 is 4.74 Å². The van der Waals surface area contributed by atoms with Gasteiger partial charge in [-0.3, -0.25) is 0 Å². The Morgan fingerprint density at radius 3 is 2.59 bits per heavy atom. The lowest BCUT2D eigenvalue weighted by Gasteiger charge is -2.07. The van der Waals surface area contributed by atoms with Gasteiger partial charge in [0, 0.05) is 5.02 Å². The van der Waals surface area contributed by atoms with Crippen LogP contribution in [0.3, 0.4) is 0 Å². The molecule has 0 radical (unpaired) electrons. The molecule has 0 aliphatic carbocycles. The second kappa shape index (κ2) is 5.46. The Morgan fingerprint density at radius 1 is 1.12 bits per heavy atom. The van der Waals surface area contributed by atoms with Gasteiger partial charge in [-0.25, -0.2) is 0 Å². The summed E-state index contributed by atoms with van der Waals surface area (Å²) in [6.07, 6.45) is 0. The van der Waals surface area contributed by atoms with Crippen LogP contribution >= 0.6 is 11.6 Å². The zero-order valence-electron chi connectivity index (χ0n) is 8.97. The molecule has 2 rings (SSSR count). The molecule has 0 fully saturated rings. The molecule has 0 saturated carbocycles. The normalized spacial score (nSPS) is 9.94. The van der Waals surface area contributed by atoms with E-state index in [0.29, 0.717) is 17.4 Å². The minimum atomic E-state index is 0.216. The van der Waals surface area contributed by atoms with Crippen molar-refractivity contribution < 1.29 is 4.74 Å². The second-order valence-corrected chi connectivity index (χ2v) is 3.91. The number of rotatable bonds is 4. The van der Waals surface area contributed by atoms with Crippen molar-refractivity contribution in [2.24, 2.45) is 5.18 Å². The van der Waals surface area contributed by atoms with E-state index in [9.17, 15) is 4.91 Å². The first kappa shape index (κ1) is 11.6. The molecule has 17 heavy (non-hydrogen) atoms. The Kier molecular flexibility index (Phi) is 3.73. The highest BCUT2D eigenvalue weighted by Crippen LogP contribution is 2.30. The fraction of sp³-hybridized carbons (Fsp3) is 0.0769. The van der Waals surface area contributed by atoms with Crippen LogP contribution in [0.5, 0.6) is 5.75 Å². The molecule has 86 valence electrons. The third kappa shape index (κ3) is 3.04. The first-order chi connectivity index (χ1) is 8.29. The van der Waals surface area contributed by atoms with Crippen LogP contribution in [0.25, 0.3) is 0 Å². The smallest absolute Gasteiger partial charge is 0.151 e. The van der Waals surface area contributed by atoms with Gasteiger partial charge in [-0.2, -0.15) is 0 Å². The molecular weight excluding hydrogens is 238 g/mol. The maximum absolute atomic E-state index is 10.6. The molecule has 0 aliphatic rings. The van der Waals surface area contributed by atoms with Gasteiger partial charge in [0.15, 0.2) is 5.69 Å². The summed E-state index contributed by atoms with van der Waals surface area (Å²) in [7, 11) is 0. The van der Waals surface area contributed by atoms with Crippen molar-refractivity contribution in [2.45, 2.75) is 6.61 Å². The molecule has 0 saturated heterocycles. The lowest BCUT2D eigenvalue weighted by molar-refractivity contribution is 0.307. The summed E-state index contributed by atoms with van der Waals surface area (Å²) < 4.78 is 5.52. The van der Waals surface area contributed by atoms with Gasteiger partial charge in [-0.1, -0.05) is 41.9 Å². The van der Waals surface area contributed by atoms with Crippen LogP contribution in [0.4, 0.5) is 5.69 Å². The van der Waals surface area contributed by atoms with E-state index in [4.69, 9.17) is 16.3 Å². The molecule has 4 heteroatoms. The van der Waals surface area contributed by atoms with Crippen LogP contribution in [-0.4, -0.2) is 0 Å². The zero-order valence-corrected chi connectivity index (χ0v) is 9.72. The van der Waals surface area contributed by atoms with E-state index in [2.05, 4.69) is 5.18 Å². The SMILES string of the molecule is O=Nc1cc(Cl)ccc1OCc1ccccc1. The number of benzene rings is 2. The van der Waals surface area contributed by atoms with E-state index >= 15 is 0 Å². The van der Waals surface area contributed by atoms with Crippen LogP contribution in [0, 0.1) is 4.91 Å². The molecule has 0 unspecified atom stereocenters. The standard InChI is InChI=1S/C13H10ClNO2/c14-11-6-7-13(12(8-11)15-16)17-9-10-4-2-1-3-5-10/h1-8H,9H2. The van der Waals surface area contributed by atoms with E-state index in [-0.39, 0.29) is 5.69 Å². The summed E-state index contributed by atoms with van der Waals surface area (Å²) in [4.78, 5) is 10.6. The minimum absolute atomic E-state index is 0.216. The van der Waals surface area contributed by atoms with Crippen LogP contribution in [0.15, 0.2) is 53.7 Å². The molecule has 0 atom stereocenters. The predicted molar refractivity (Wildman–Crippen MR) is 67.7 cm³/mol. The van der Waals surface area contributed by atoms with Gasteiger partial charge >= 0.3 is 0 Å². The number of nitrogens with zero attached hydrogens (tertiary/aromatic N) is 1. The lowest BCUT2D eigenvalue weighted by Crippen LogP contribution is -1.95. The second-order valence-electron chi connectivity index (χ2n) is 3.48. The Balaban J connectivity index is 2.11. The molecule has 0 spiro atoms. The van der Waals surface area contributed by atoms with Crippen molar-refractivity contribution in [1.82, 2.24) is 0 Å². The van der Waals surface area contributed by atoms with Gasteiger partial charge in [0.05, 0.1) is 0 Å². The fourth-order valence-corrected chi connectivity index (χ4v) is 1.59. The van der Waals surface area contributed by atoms with Gasteiger partial charge in [-0.15, -0.1) is 4.91 Å². The maximum atomic E-state index is 10.6. The fourth-order valence-electron chi connectivity index (χ4n) is 1.42. The molecule has 0 N–H and O–H groups in total. The minimum Gasteiger partial charge on any atom is -0.487 e. The van der Waals surface area contributed by atoms with Gasteiger partial charge in [0.2, 0.25) is 0 Å². The average molecular weight is 248 g/mol. The highest BCUT2D eigenvalue weighted by Gasteiger charge is 2.05. The van der Waals surface area contributed by atoms with Crippen molar-refractivity contribution >= 4 is 17.3 Å². The number of ether oxygens (including phenoxy) is 1. The van der Waals surface area contributed by atoms with Crippen LogP contribution in [-0.2, 0) is 6.61 Å². The predicted octanol–water partition coefficient (Wildman–Crippen LogP) is 4.32. The van der Waals surface area contributed by atoms with Crippen LogP contribution in [0.2, 0.25) is 5.02 Å². The number of halogens is 1. The monoisotopic (exact) mass is 247 g/mol. The molecule has 2 aromatic carbocycles. The van der Waals surface area contributed by atoms with E-state index in [1.807, 2.05) is 30.3 Å². The summed E-state index contributed by atoms with van der Waals surface area (Å²) in [5.74, 6) is 0.438. The van der Waals surface area contributed by atoms with E-state index in [0.717, 1.165) is 5.56 Å². The summed E-state index contributed by atoms with van der Waals surface area (Å²) in [6.45, 7) is 0.394. The van der Waals surface area contributed by atoms with Crippen molar-refractivity contribution in [1.29, 1.82) is 0 Å². The third-order valence-corrected chi connectivity index (χ3v) is 2.49. The van der Waals surface area contributed by atoms with E-state index in [1.54, 1.807) is 12.1 Å². The summed E-state index contributed by atoms with van der Waals surface area (Å²) >= 11 is 5.76. The summed E-state index contributed by atoms with van der Waals surface area (Å²) in [6, 6.07) is 14.5. The Hall–Kier alpha value is -1.87. The Bertz CT molecular complexity index is 514. The molecule has 2 aromatic rings. The average Bonchev–Trinajstić information content (AvgIpc) is 2.38. The number of hydrogen-bond acceptors (Lipinski definition) is 3. The van der Waals surface area contributed by atoms with Crippen molar-refractivity contribution in [3.8, 4) is 5.75 Å². The Labute approximate surface area is 104 Å². The van der Waals surface area contributed by atoms with Crippen LogP contribution in [0.1, 0.15) is 5.56 Å². The molecule has 0 amide bonds. The molecular formula is C13H10ClNO2. The number of nitroso groups, excluding NO2 is 1. The Morgan fingerprint density at radius 2 is 1.88 bits per heavy atom. The highest BCUT2D eigenvalue weighted by molar-refractivity contribution is 6.30. The highest BCUT2D eigenvalue weighted by atomic mass is 35.5. The molecule has 0 bridgehead atoms. The lowest BCUT2D eigenvalue weighted by atomic mass is 10.2. The maximum Gasteiger partial charge on any atom is 0.151 e. The van der Waals surface area contributed by atoms with Crippen molar-refractivity contribution in [2.75, 3.05) is 0 Å². The van der Waals surface area contributed by atoms with Gasteiger partial charge in [0.25, 0.3) is 0 Å². The molecule has 0 heterocycles. The van der Waals surface area contributed by atoms with Crippen molar-refractivity contribution in [3.05, 3.63) is 64.0 Å². The third-order valence-electron chi connectivity index (χ3n) is 2.26.